The van der Waals surface area contributed by atoms with Crippen molar-refractivity contribution in [3.63, 3.8) is 0 Å². The zero-order valence-corrected chi connectivity index (χ0v) is 10.1. The van der Waals surface area contributed by atoms with Crippen LogP contribution in [0.15, 0.2) is 54.3 Å². The fourth-order valence-corrected chi connectivity index (χ4v) is 1.40. The lowest BCUT2D eigenvalue weighted by atomic mass is 10.1. The summed E-state index contributed by atoms with van der Waals surface area (Å²) < 4.78 is 39.8. The molecule has 0 bridgehead atoms. The van der Waals surface area contributed by atoms with Gasteiger partial charge in [0.25, 0.3) is 0 Å². The summed E-state index contributed by atoms with van der Waals surface area (Å²) in [5.41, 5.74) is 1.12. The Kier molecular flexibility index (Phi) is 5.49. The van der Waals surface area contributed by atoms with Crippen molar-refractivity contribution in [2.45, 2.75) is 26.1 Å². The Balaban J connectivity index is 2.40. The van der Waals surface area contributed by atoms with Crippen LogP contribution in [0.2, 0.25) is 0 Å². The van der Waals surface area contributed by atoms with Gasteiger partial charge in [-0.05, 0) is 25.0 Å². The van der Waals surface area contributed by atoms with Gasteiger partial charge in [-0.1, -0.05) is 42.5 Å². The van der Waals surface area contributed by atoms with E-state index in [1.54, 1.807) is 6.08 Å². The quantitative estimate of drug-likeness (QED) is 0.552. The van der Waals surface area contributed by atoms with Crippen molar-refractivity contribution in [2.75, 3.05) is 0 Å². The van der Waals surface area contributed by atoms with Crippen LogP contribution in [0.3, 0.4) is 0 Å². The van der Waals surface area contributed by atoms with Gasteiger partial charge in [-0.3, -0.25) is 0 Å². The smallest absolute Gasteiger partial charge is 0.410 e. The highest BCUT2D eigenvalue weighted by Gasteiger charge is 2.31. The summed E-state index contributed by atoms with van der Waals surface area (Å²) in [5.74, 6) is -0.0909. The van der Waals surface area contributed by atoms with Crippen molar-refractivity contribution in [1.29, 1.82) is 0 Å². The molecule has 0 aliphatic rings. The molecule has 0 aliphatic heterocycles. The van der Waals surface area contributed by atoms with Crippen molar-refractivity contribution >= 4 is 0 Å². The van der Waals surface area contributed by atoms with Gasteiger partial charge in [0, 0.05) is 6.42 Å². The molecule has 0 amide bonds. The largest absolute Gasteiger partial charge is 0.572 e. The Morgan fingerprint density at radius 3 is 2.39 bits per heavy atom. The van der Waals surface area contributed by atoms with Crippen LogP contribution in [0.4, 0.5) is 13.2 Å². The van der Waals surface area contributed by atoms with Crippen molar-refractivity contribution in [3.05, 3.63) is 59.9 Å². The molecule has 0 N–H and O–H groups in total. The Hall–Kier alpha value is -1.71. The summed E-state index contributed by atoms with van der Waals surface area (Å²) >= 11 is 0. The van der Waals surface area contributed by atoms with Gasteiger partial charge < -0.3 is 4.74 Å². The molecule has 0 spiro atoms. The van der Waals surface area contributed by atoms with Crippen LogP contribution in [0.25, 0.3) is 0 Å². The number of ether oxygens (including phenoxy) is 1. The van der Waals surface area contributed by atoms with Gasteiger partial charge in [-0.25, -0.2) is 0 Å². The summed E-state index contributed by atoms with van der Waals surface area (Å²) in [7, 11) is 0. The van der Waals surface area contributed by atoms with E-state index in [-0.39, 0.29) is 12.2 Å². The predicted octanol–water partition coefficient (Wildman–Crippen LogP) is 4.62. The first-order chi connectivity index (χ1) is 8.51. The first-order valence-electron chi connectivity index (χ1n) is 5.61. The molecule has 0 atom stereocenters. The zero-order chi connectivity index (χ0) is 13.4. The van der Waals surface area contributed by atoms with Crippen LogP contribution in [0, 0.1) is 0 Å². The fourth-order valence-electron chi connectivity index (χ4n) is 1.40. The third kappa shape index (κ3) is 6.13. The number of benzene rings is 1. The second kappa shape index (κ2) is 6.89. The molecular weight excluding hydrogens is 241 g/mol. The van der Waals surface area contributed by atoms with E-state index in [0.717, 1.165) is 5.56 Å². The second-order valence-electron chi connectivity index (χ2n) is 3.67. The monoisotopic (exact) mass is 256 g/mol. The van der Waals surface area contributed by atoms with E-state index >= 15 is 0 Å². The lowest BCUT2D eigenvalue weighted by molar-refractivity contribution is -0.306. The fraction of sp³-hybridized carbons (Fsp3) is 0.286. The topological polar surface area (TPSA) is 9.23 Å². The van der Waals surface area contributed by atoms with E-state index in [2.05, 4.69) is 4.74 Å². The molecule has 1 rings (SSSR count). The molecular formula is C14H15F3O. The lowest BCUT2D eigenvalue weighted by Gasteiger charge is -2.10. The van der Waals surface area contributed by atoms with Crippen LogP contribution in [-0.2, 0) is 11.2 Å². The van der Waals surface area contributed by atoms with Gasteiger partial charge in [0.1, 0.15) is 5.76 Å². The van der Waals surface area contributed by atoms with Crippen molar-refractivity contribution in [3.8, 4) is 0 Å². The third-order valence-electron chi connectivity index (χ3n) is 2.25. The minimum atomic E-state index is -4.62. The Morgan fingerprint density at radius 2 is 1.83 bits per heavy atom. The number of hydrogen-bond acceptors (Lipinski definition) is 1. The van der Waals surface area contributed by atoms with Gasteiger partial charge in [0.15, 0.2) is 0 Å². The molecule has 0 saturated heterocycles. The number of hydrogen-bond donors (Lipinski definition) is 0. The number of allylic oxidation sites excluding steroid dienone is 3. The highest BCUT2D eigenvalue weighted by Crippen LogP contribution is 2.22. The van der Waals surface area contributed by atoms with Crippen LogP contribution in [-0.4, -0.2) is 6.36 Å². The number of halogens is 3. The molecule has 0 aliphatic carbocycles. The third-order valence-corrected chi connectivity index (χ3v) is 2.25. The lowest BCUT2D eigenvalue weighted by Crippen LogP contribution is -2.12. The Bertz CT molecular complexity index is 405. The Morgan fingerprint density at radius 1 is 1.17 bits per heavy atom. The van der Waals surface area contributed by atoms with Crippen LogP contribution < -0.4 is 0 Å². The van der Waals surface area contributed by atoms with Gasteiger partial charge >= 0.3 is 6.36 Å². The molecule has 98 valence electrons. The van der Waals surface area contributed by atoms with Gasteiger partial charge in [-0.15, -0.1) is 13.2 Å². The molecule has 4 heteroatoms. The molecule has 1 aromatic rings. The predicted molar refractivity (Wildman–Crippen MR) is 64.8 cm³/mol. The molecule has 1 nitrogen and oxygen atoms in total. The molecule has 0 unspecified atom stereocenters. The van der Waals surface area contributed by atoms with Crippen LogP contribution in [0.1, 0.15) is 18.9 Å². The van der Waals surface area contributed by atoms with Gasteiger partial charge in [0.05, 0.1) is 0 Å². The molecule has 0 fully saturated rings. The van der Waals surface area contributed by atoms with Crippen LogP contribution >= 0.6 is 0 Å². The normalized spacial score (nSPS) is 13.0. The first-order valence-corrected chi connectivity index (χ1v) is 5.61. The summed E-state index contributed by atoms with van der Waals surface area (Å²) in [4.78, 5) is 0. The van der Waals surface area contributed by atoms with Crippen LogP contribution in [0.5, 0.6) is 0 Å². The van der Waals surface area contributed by atoms with E-state index in [1.165, 1.54) is 13.0 Å². The molecule has 0 heterocycles. The highest BCUT2D eigenvalue weighted by molar-refractivity contribution is 5.17. The highest BCUT2D eigenvalue weighted by atomic mass is 19.4. The maximum absolute atomic E-state index is 12.0. The van der Waals surface area contributed by atoms with Crippen molar-refractivity contribution < 1.29 is 17.9 Å². The average Bonchev–Trinajstić information content (AvgIpc) is 2.33. The summed E-state index contributed by atoms with van der Waals surface area (Å²) in [5, 5.41) is 0. The molecule has 1 aromatic carbocycles. The standard InChI is InChI=1S/C14H15F3O/c1-2-13(18-14(15,16)17)11-7-6-10-12-8-4-3-5-9-12/h2-9H,10-11H2,1H3/b7-6-,13-2+. The average molecular weight is 256 g/mol. The minimum absolute atomic E-state index is 0.0909. The van der Waals surface area contributed by atoms with Crippen molar-refractivity contribution in [1.82, 2.24) is 0 Å². The zero-order valence-electron chi connectivity index (χ0n) is 10.1. The molecule has 0 radical (unpaired) electrons. The van der Waals surface area contributed by atoms with Gasteiger partial charge in [-0.2, -0.15) is 0 Å². The van der Waals surface area contributed by atoms with E-state index < -0.39 is 6.36 Å². The second-order valence-corrected chi connectivity index (χ2v) is 3.67. The van der Waals surface area contributed by atoms with E-state index in [9.17, 15) is 13.2 Å². The number of rotatable bonds is 5. The summed E-state index contributed by atoms with van der Waals surface area (Å²) in [6, 6.07) is 9.70. The SMILES string of the molecule is C/C=C(\C/C=C\Cc1ccccc1)OC(F)(F)F. The van der Waals surface area contributed by atoms with E-state index in [1.807, 2.05) is 36.4 Å². The minimum Gasteiger partial charge on any atom is -0.410 e. The van der Waals surface area contributed by atoms with Gasteiger partial charge in [0.2, 0.25) is 0 Å². The maximum atomic E-state index is 12.0. The van der Waals surface area contributed by atoms with Crippen molar-refractivity contribution in [2.24, 2.45) is 0 Å². The molecule has 0 aromatic heterocycles. The van der Waals surface area contributed by atoms with E-state index in [4.69, 9.17) is 0 Å². The van der Waals surface area contributed by atoms with E-state index in [0.29, 0.717) is 6.42 Å². The Labute approximate surface area is 105 Å². The summed E-state index contributed by atoms with van der Waals surface area (Å²) in [6.45, 7) is 1.52. The molecule has 0 saturated carbocycles. The first kappa shape index (κ1) is 14.4. The summed E-state index contributed by atoms with van der Waals surface area (Å²) in [6.07, 6.45) is 1.05. The molecule has 18 heavy (non-hydrogen) atoms. The number of alkyl halides is 3. The maximum Gasteiger partial charge on any atom is 0.572 e.